The van der Waals surface area contributed by atoms with Crippen LogP contribution in [0, 0.1) is 0 Å². The van der Waals surface area contributed by atoms with Crippen molar-refractivity contribution in [3.8, 4) is 0 Å². The van der Waals surface area contributed by atoms with Gasteiger partial charge < -0.3 is 0 Å². The van der Waals surface area contributed by atoms with Crippen LogP contribution in [0.25, 0.3) is 0 Å². The smallest absolute Gasteiger partial charge is 0.0533 e. The van der Waals surface area contributed by atoms with E-state index in [1.54, 1.807) is 43.4 Å². The Morgan fingerprint density at radius 2 is 0.485 bits per heavy atom. The maximum Gasteiger partial charge on any atom is 0.0533 e. The Kier molecular flexibility index (Phi) is 27.0. The van der Waals surface area contributed by atoms with Crippen molar-refractivity contribution in [2.45, 2.75) is 206 Å². The summed E-state index contributed by atoms with van der Waals surface area (Å²) >= 11 is 0. The lowest BCUT2D eigenvalue weighted by molar-refractivity contribution is 0.574. The normalized spacial score (nSPS) is 12.0. The quantitative estimate of drug-likeness (QED) is 0.0771. The molecule has 0 atom stereocenters. The Balaban J connectivity index is 4.23. The minimum absolute atomic E-state index is 1.01. The summed E-state index contributed by atoms with van der Waals surface area (Å²) in [6.07, 6.45) is 35.6. The van der Waals surface area contributed by atoms with Crippen molar-refractivity contribution < 1.29 is 0 Å². The Labute approximate surface area is 213 Å². The number of hydrogen-bond acceptors (Lipinski definition) is 0. The summed E-state index contributed by atoms with van der Waals surface area (Å²) in [5.74, 6) is 0. The van der Waals surface area contributed by atoms with E-state index in [1.807, 2.05) is 0 Å². The molecule has 0 bridgehead atoms. The molecule has 1 heteroatoms. The van der Waals surface area contributed by atoms with Crippen molar-refractivity contribution in [2.24, 2.45) is 0 Å². The van der Waals surface area contributed by atoms with E-state index in [4.69, 9.17) is 0 Å². The Hall–Kier alpha value is 0.217. The highest BCUT2D eigenvalue weighted by atomic mass is 28.3. The van der Waals surface area contributed by atoms with E-state index in [1.165, 1.54) is 135 Å². The van der Waals surface area contributed by atoms with E-state index in [2.05, 4.69) is 27.7 Å². The fourth-order valence-electron chi connectivity index (χ4n) is 5.81. The Morgan fingerprint density at radius 3 is 0.697 bits per heavy atom. The predicted octanol–water partition coefficient (Wildman–Crippen LogP) is 12.9. The molecular weight excluding hydrogens is 412 g/mol. The third-order valence-corrected chi connectivity index (χ3v) is 14.2. The maximum absolute atomic E-state index is 2.58. The molecule has 0 fully saturated rings. The lowest BCUT2D eigenvalue weighted by atomic mass is 10.1. The first-order valence-corrected chi connectivity index (χ1v) is 19.1. The minimum Gasteiger partial charge on any atom is -0.0678 e. The number of unbranched alkanes of at least 4 members (excludes halogenated alkanes) is 21. The van der Waals surface area contributed by atoms with E-state index < -0.39 is 8.07 Å². The molecule has 0 aliphatic heterocycles. The van der Waals surface area contributed by atoms with Crippen LogP contribution in [0.15, 0.2) is 0 Å². The van der Waals surface area contributed by atoms with Gasteiger partial charge in [-0.2, -0.15) is 0 Å². The molecule has 0 amide bonds. The minimum atomic E-state index is -1.01. The van der Waals surface area contributed by atoms with Crippen molar-refractivity contribution in [1.29, 1.82) is 0 Å². The summed E-state index contributed by atoms with van der Waals surface area (Å²) < 4.78 is 0. The van der Waals surface area contributed by atoms with Gasteiger partial charge in [-0.3, -0.25) is 0 Å². The fourth-order valence-corrected chi connectivity index (χ4v) is 10.6. The van der Waals surface area contributed by atoms with Gasteiger partial charge in [0, 0.05) is 0 Å². The zero-order chi connectivity index (χ0) is 24.3. The van der Waals surface area contributed by atoms with E-state index in [0.29, 0.717) is 0 Å². The van der Waals surface area contributed by atoms with Crippen LogP contribution in [-0.2, 0) is 0 Å². The zero-order valence-electron chi connectivity index (χ0n) is 24.3. The molecule has 0 saturated carbocycles. The topological polar surface area (TPSA) is 0 Å². The summed E-state index contributed by atoms with van der Waals surface area (Å²) in [7, 11) is -1.01. The van der Waals surface area contributed by atoms with Crippen LogP contribution in [-0.4, -0.2) is 8.07 Å². The van der Waals surface area contributed by atoms with Crippen LogP contribution in [0.1, 0.15) is 182 Å². The average molecular weight is 481 g/mol. The molecule has 0 saturated heterocycles. The maximum atomic E-state index is 2.58. The number of hydrogen-bond donors (Lipinski definition) is 0. The van der Waals surface area contributed by atoms with E-state index >= 15 is 0 Å². The summed E-state index contributed by atoms with van der Waals surface area (Å²) in [5, 5.41) is 0. The second-order valence-corrected chi connectivity index (χ2v) is 16.7. The van der Waals surface area contributed by atoms with Crippen molar-refractivity contribution in [1.82, 2.24) is 0 Å². The highest BCUT2D eigenvalue weighted by Crippen LogP contribution is 2.33. The van der Waals surface area contributed by atoms with Crippen LogP contribution in [0.2, 0.25) is 24.2 Å². The standard InChI is InChI=1S/C32H68Si/c1-5-9-12-15-18-21-24-27-30-33(8-4,31-28-25-22-19-16-13-10-6-2)32-29-26-23-20-17-14-11-7-3/h5-32H2,1-4H3. The first kappa shape index (κ1) is 33.2. The van der Waals surface area contributed by atoms with Crippen LogP contribution >= 0.6 is 0 Å². The second kappa shape index (κ2) is 26.8. The number of rotatable bonds is 28. The molecule has 0 aliphatic carbocycles. The molecule has 0 N–H and O–H groups in total. The highest BCUT2D eigenvalue weighted by Gasteiger charge is 2.28. The van der Waals surface area contributed by atoms with Gasteiger partial charge >= 0.3 is 0 Å². The van der Waals surface area contributed by atoms with Gasteiger partial charge in [0.1, 0.15) is 0 Å². The highest BCUT2D eigenvalue weighted by molar-refractivity contribution is 6.79. The van der Waals surface area contributed by atoms with Crippen LogP contribution in [0.5, 0.6) is 0 Å². The van der Waals surface area contributed by atoms with E-state index in [-0.39, 0.29) is 0 Å². The average Bonchev–Trinajstić information content (AvgIpc) is 2.83. The lowest BCUT2D eigenvalue weighted by Crippen LogP contribution is -2.32. The molecule has 0 aromatic rings. The lowest BCUT2D eigenvalue weighted by Gasteiger charge is -2.31. The monoisotopic (exact) mass is 481 g/mol. The van der Waals surface area contributed by atoms with Crippen molar-refractivity contribution in [3.63, 3.8) is 0 Å². The molecule has 33 heavy (non-hydrogen) atoms. The SMILES string of the molecule is CCCCCCCCCC[Si](CC)(CCCCCCCCCC)CCCCCCCCCC. The molecule has 0 nitrogen and oxygen atoms in total. The Bertz CT molecular complexity index is 300. The van der Waals surface area contributed by atoms with Crippen LogP contribution in [0.4, 0.5) is 0 Å². The molecule has 0 spiro atoms. The molecule has 0 heterocycles. The molecule has 200 valence electrons. The third-order valence-electron chi connectivity index (χ3n) is 8.43. The van der Waals surface area contributed by atoms with Crippen LogP contribution < -0.4 is 0 Å². The van der Waals surface area contributed by atoms with Gasteiger partial charge in [-0.25, -0.2) is 0 Å². The van der Waals surface area contributed by atoms with Gasteiger partial charge in [0.2, 0.25) is 0 Å². The third kappa shape index (κ3) is 22.4. The molecule has 0 rings (SSSR count). The molecule has 0 aliphatic rings. The summed E-state index contributed by atoms with van der Waals surface area (Å²) in [6.45, 7) is 9.56. The first-order valence-electron chi connectivity index (χ1n) is 16.2. The predicted molar refractivity (Wildman–Crippen MR) is 158 cm³/mol. The molecular formula is C32H68Si. The molecule has 0 unspecified atom stereocenters. The largest absolute Gasteiger partial charge is 0.0678 e. The summed E-state index contributed by atoms with van der Waals surface area (Å²) in [4.78, 5) is 0. The van der Waals surface area contributed by atoms with Crippen molar-refractivity contribution >= 4 is 8.07 Å². The van der Waals surface area contributed by atoms with Gasteiger partial charge in [-0.05, 0) is 0 Å². The van der Waals surface area contributed by atoms with Crippen molar-refractivity contribution in [3.05, 3.63) is 0 Å². The molecule has 0 aromatic carbocycles. The second-order valence-electron chi connectivity index (χ2n) is 11.5. The Morgan fingerprint density at radius 1 is 0.273 bits per heavy atom. The molecule has 0 aromatic heterocycles. The summed E-state index contributed by atoms with van der Waals surface area (Å²) in [5.41, 5.74) is 0. The molecule has 0 radical (unpaired) electrons. The van der Waals surface area contributed by atoms with Gasteiger partial charge in [-0.1, -0.05) is 206 Å². The van der Waals surface area contributed by atoms with Gasteiger partial charge in [0.05, 0.1) is 8.07 Å². The van der Waals surface area contributed by atoms with E-state index in [9.17, 15) is 0 Å². The fraction of sp³-hybridized carbons (Fsp3) is 1.00. The van der Waals surface area contributed by atoms with Crippen LogP contribution in [0.3, 0.4) is 0 Å². The summed E-state index contributed by atoms with van der Waals surface area (Å²) in [6, 6.07) is 6.54. The van der Waals surface area contributed by atoms with Gasteiger partial charge in [0.25, 0.3) is 0 Å². The van der Waals surface area contributed by atoms with Gasteiger partial charge in [0.15, 0.2) is 0 Å². The van der Waals surface area contributed by atoms with E-state index in [0.717, 1.165) is 0 Å². The van der Waals surface area contributed by atoms with Crippen molar-refractivity contribution in [2.75, 3.05) is 0 Å². The first-order chi connectivity index (χ1) is 16.2. The van der Waals surface area contributed by atoms with Gasteiger partial charge in [-0.15, -0.1) is 0 Å². The zero-order valence-corrected chi connectivity index (χ0v) is 25.3.